The third-order valence-electron chi connectivity index (χ3n) is 2.85. The molecule has 1 aromatic carbocycles. The minimum absolute atomic E-state index is 0.0222. The fourth-order valence-electron chi connectivity index (χ4n) is 1.89. The molecule has 0 bridgehead atoms. The van der Waals surface area contributed by atoms with Crippen molar-refractivity contribution in [1.82, 2.24) is 14.5 Å². The quantitative estimate of drug-likeness (QED) is 0.815. The van der Waals surface area contributed by atoms with E-state index in [1.54, 1.807) is 29.1 Å². The molecule has 5 nitrogen and oxygen atoms in total. The number of fused-ring (bicyclic) bond motifs is 1. The first-order chi connectivity index (χ1) is 8.58. The van der Waals surface area contributed by atoms with Gasteiger partial charge in [-0.3, -0.25) is 9.36 Å². The van der Waals surface area contributed by atoms with E-state index in [1.165, 1.54) is 0 Å². The summed E-state index contributed by atoms with van der Waals surface area (Å²) in [5.74, 6) is 0. The highest BCUT2D eigenvalue weighted by atomic mass is 16.1. The van der Waals surface area contributed by atoms with Crippen molar-refractivity contribution in [2.24, 2.45) is 0 Å². The van der Waals surface area contributed by atoms with Crippen LogP contribution in [0.5, 0.6) is 0 Å². The second-order valence-electron chi connectivity index (χ2n) is 4.68. The fourth-order valence-corrected chi connectivity index (χ4v) is 1.89. The van der Waals surface area contributed by atoms with Crippen LogP contribution < -0.4 is 11.3 Å². The second-order valence-corrected chi connectivity index (χ2v) is 4.68. The molecule has 18 heavy (non-hydrogen) atoms. The lowest BCUT2D eigenvalue weighted by Crippen LogP contribution is -2.23. The van der Waals surface area contributed by atoms with Crippen molar-refractivity contribution in [2.75, 3.05) is 26.4 Å². The molecule has 0 amide bonds. The van der Waals surface area contributed by atoms with Crippen molar-refractivity contribution in [3.63, 3.8) is 0 Å². The smallest absolute Gasteiger partial charge is 0.261 e. The van der Waals surface area contributed by atoms with Gasteiger partial charge in [-0.15, -0.1) is 0 Å². The van der Waals surface area contributed by atoms with Crippen molar-refractivity contribution < 1.29 is 0 Å². The standard InChI is InChI=1S/C13H18N4O/c1-16(2)6-3-7-17-9-15-12-5-4-10(14)8-11(12)13(17)18/h4-5,8-9H,3,6-7,14H2,1-2H3. The van der Waals surface area contributed by atoms with Crippen LogP contribution in [0.2, 0.25) is 0 Å². The highest BCUT2D eigenvalue weighted by Crippen LogP contribution is 2.10. The zero-order valence-corrected chi connectivity index (χ0v) is 10.8. The van der Waals surface area contributed by atoms with Crippen molar-refractivity contribution in [1.29, 1.82) is 0 Å². The van der Waals surface area contributed by atoms with Gasteiger partial charge in [-0.25, -0.2) is 4.98 Å². The third kappa shape index (κ3) is 2.68. The average molecular weight is 246 g/mol. The van der Waals surface area contributed by atoms with Gasteiger partial charge in [0.2, 0.25) is 0 Å². The molecule has 96 valence electrons. The molecule has 0 aliphatic heterocycles. The molecule has 0 aliphatic carbocycles. The van der Waals surface area contributed by atoms with Gasteiger partial charge >= 0.3 is 0 Å². The first-order valence-corrected chi connectivity index (χ1v) is 5.97. The number of anilines is 1. The fraction of sp³-hybridized carbons (Fsp3) is 0.385. The van der Waals surface area contributed by atoms with Crippen molar-refractivity contribution in [3.05, 3.63) is 34.9 Å². The molecule has 0 atom stereocenters. The maximum absolute atomic E-state index is 12.2. The van der Waals surface area contributed by atoms with Crippen LogP contribution in [0.3, 0.4) is 0 Å². The summed E-state index contributed by atoms with van der Waals surface area (Å²) in [5, 5.41) is 0.586. The average Bonchev–Trinajstić information content (AvgIpc) is 2.32. The summed E-state index contributed by atoms with van der Waals surface area (Å²) < 4.78 is 1.64. The summed E-state index contributed by atoms with van der Waals surface area (Å²) >= 11 is 0. The third-order valence-corrected chi connectivity index (χ3v) is 2.85. The molecule has 2 aromatic rings. The number of nitrogens with two attached hydrogens (primary N) is 1. The van der Waals surface area contributed by atoms with Gasteiger partial charge in [0, 0.05) is 12.2 Å². The summed E-state index contributed by atoms with van der Waals surface area (Å²) in [5.41, 5.74) is 6.96. The first kappa shape index (κ1) is 12.6. The Bertz CT molecular complexity index is 603. The lowest BCUT2D eigenvalue weighted by Gasteiger charge is -2.10. The molecule has 0 saturated carbocycles. The summed E-state index contributed by atoms with van der Waals surface area (Å²) in [4.78, 5) is 18.6. The Morgan fingerprint density at radius 2 is 2.17 bits per heavy atom. The van der Waals surface area contributed by atoms with Gasteiger partial charge in [-0.05, 0) is 45.3 Å². The summed E-state index contributed by atoms with van der Waals surface area (Å²) in [6.45, 7) is 1.62. The Hall–Kier alpha value is -1.88. The molecule has 1 aromatic heterocycles. The minimum atomic E-state index is -0.0222. The largest absolute Gasteiger partial charge is 0.399 e. The van der Waals surface area contributed by atoms with Crippen LogP contribution in [0.4, 0.5) is 5.69 Å². The molecule has 2 N–H and O–H groups in total. The topological polar surface area (TPSA) is 64.2 Å². The summed E-state index contributed by atoms with van der Waals surface area (Å²) in [6, 6.07) is 5.22. The molecule has 5 heteroatoms. The number of aromatic nitrogens is 2. The van der Waals surface area contributed by atoms with Gasteiger partial charge in [0.15, 0.2) is 0 Å². The molecule has 0 unspecified atom stereocenters. The highest BCUT2D eigenvalue weighted by Gasteiger charge is 2.04. The normalized spacial score (nSPS) is 11.3. The van der Waals surface area contributed by atoms with E-state index < -0.39 is 0 Å². The van der Waals surface area contributed by atoms with Crippen LogP contribution in [-0.2, 0) is 6.54 Å². The zero-order valence-electron chi connectivity index (χ0n) is 10.8. The summed E-state index contributed by atoms with van der Waals surface area (Å²) in [6.07, 6.45) is 2.53. The molecule has 0 spiro atoms. The van der Waals surface area contributed by atoms with Crippen LogP contribution >= 0.6 is 0 Å². The Morgan fingerprint density at radius 3 is 2.89 bits per heavy atom. The van der Waals surface area contributed by atoms with E-state index in [2.05, 4.69) is 9.88 Å². The Balaban J connectivity index is 2.30. The number of hydrogen-bond acceptors (Lipinski definition) is 4. The number of nitrogens with zero attached hydrogens (tertiary/aromatic N) is 3. The van der Waals surface area contributed by atoms with E-state index in [1.807, 2.05) is 14.1 Å². The molecule has 1 heterocycles. The zero-order chi connectivity index (χ0) is 13.1. The number of benzene rings is 1. The van der Waals surface area contributed by atoms with Crippen LogP contribution in [-0.4, -0.2) is 35.1 Å². The van der Waals surface area contributed by atoms with Crippen molar-refractivity contribution in [2.45, 2.75) is 13.0 Å². The minimum Gasteiger partial charge on any atom is -0.399 e. The van der Waals surface area contributed by atoms with Crippen LogP contribution in [0, 0.1) is 0 Å². The van der Waals surface area contributed by atoms with Gasteiger partial charge in [-0.1, -0.05) is 0 Å². The summed E-state index contributed by atoms with van der Waals surface area (Å²) in [7, 11) is 4.03. The van der Waals surface area contributed by atoms with Gasteiger partial charge in [0.1, 0.15) is 0 Å². The van der Waals surface area contributed by atoms with E-state index in [0.29, 0.717) is 23.1 Å². The van der Waals surface area contributed by atoms with E-state index in [4.69, 9.17) is 5.73 Å². The molecule has 0 radical (unpaired) electrons. The molecule has 0 aliphatic rings. The first-order valence-electron chi connectivity index (χ1n) is 5.97. The maximum Gasteiger partial charge on any atom is 0.261 e. The number of rotatable bonds is 4. The van der Waals surface area contributed by atoms with Gasteiger partial charge in [0.05, 0.1) is 17.2 Å². The maximum atomic E-state index is 12.2. The van der Waals surface area contributed by atoms with Crippen LogP contribution in [0.1, 0.15) is 6.42 Å². The van der Waals surface area contributed by atoms with Gasteiger partial charge in [0.25, 0.3) is 5.56 Å². The van der Waals surface area contributed by atoms with Crippen molar-refractivity contribution in [3.8, 4) is 0 Å². The number of hydrogen-bond donors (Lipinski definition) is 1. The van der Waals surface area contributed by atoms with Crippen LogP contribution in [0.25, 0.3) is 10.9 Å². The highest BCUT2D eigenvalue weighted by molar-refractivity contribution is 5.80. The Kier molecular flexibility index (Phi) is 3.62. The SMILES string of the molecule is CN(C)CCCn1cnc2ccc(N)cc2c1=O. The predicted octanol–water partition coefficient (Wildman–Crippen LogP) is 0.930. The van der Waals surface area contributed by atoms with E-state index in [0.717, 1.165) is 13.0 Å². The number of aryl methyl sites for hydroxylation is 1. The number of nitrogen functional groups attached to an aromatic ring is 1. The van der Waals surface area contributed by atoms with Crippen molar-refractivity contribution >= 4 is 16.6 Å². The molecule has 0 fully saturated rings. The monoisotopic (exact) mass is 246 g/mol. The lowest BCUT2D eigenvalue weighted by atomic mass is 10.2. The Labute approximate surface area is 106 Å². The molecule has 2 rings (SSSR count). The van der Waals surface area contributed by atoms with Crippen LogP contribution in [0.15, 0.2) is 29.3 Å². The van der Waals surface area contributed by atoms with Gasteiger partial charge in [-0.2, -0.15) is 0 Å². The van der Waals surface area contributed by atoms with Gasteiger partial charge < -0.3 is 10.6 Å². The second kappa shape index (κ2) is 5.18. The lowest BCUT2D eigenvalue weighted by molar-refractivity contribution is 0.384. The molecule has 0 saturated heterocycles. The van der Waals surface area contributed by atoms with E-state index >= 15 is 0 Å². The van der Waals surface area contributed by atoms with E-state index in [9.17, 15) is 4.79 Å². The molecular formula is C13H18N4O. The van der Waals surface area contributed by atoms with E-state index in [-0.39, 0.29) is 5.56 Å². The predicted molar refractivity (Wildman–Crippen MR) is 73.6 cm³/mol. The Morgan fingerprint density at radius 1 is 1.39 bits per heavy atom. The molecular weight excluding hydrogens is 228 g/mol.